The van der Waals surface area contributed by atoms with Gasteiger partial charge in [0.25, 0.3) is 5.91 Å². The van der Waals surface area contributed by atoms with Gasteiger partial charge in [0.05, 0.1) is 9.37 Å². The quantitative estimate of drug-likeness (QED) is 0.778. The largest absolute Gasteiger partial charge is 0.483 e. The molecule has 0 aromatic heterocycles. The third kappa shape index (κ3) is 5.21. The minimum Gasteiger partial charge on any atom is -0.483 e. The number of carbonyl (C=O) groups is 1. The van der Waals surface area contributed by atoms with Crippen molar-refractivity contribution in [2.75, 3.05) is 11.9 Å². The van der Waals surface area contributed by atoms with Crippen molar-refractivity contribution in [3.63, 3.8) is 0 Å². The summed E-state index contributed by atoms with van der Waals surface area (Å²) in [6.07, 6.45) is 0. The van der Waals surface area contributed by atoms with Crippen molar-refractivity contribution >= 4 is 49.1 Å². The molecule has 23 heavy (non-hydrogen) atoms. The van der Waals surface area contributed by atoms with Gasteiger partial charge in [0, 0.05) is 10.7 Å². The number of primary sulfonamides is 1. The molecule has 0 heterocycles. The van der Waals surface area contributed by atoms with Crippen LogP contribution >= 0.6 is 27.5 Å². The Bertz CT molecular complexity index is 842. The van der Waals surface area contributed by atoms with Crippen LogP contribution in [0.3, 0.4) is 0 Å². The van der Waals surface area contributed by atoms with Gasteiger partial charge in [-0.25, -0.2) is 13.6 Å². The van der Waals surface area contributed by atoms with E-state index in [1.807, 2.05) is 0 Å². The molecule has 122 valence electrons. The standard InChI is InChI=1S/C14H12BrClN2O4S/c15-12-6-9(16)4-5-13(12)22-8-14(19)18-10-2-1-3-11(7-10)23(17,20)21/h1-7H,8H2,(H,18,19)(H2,17,20,21). The maximum absolute atomic E-state index is 11.9. The number of nitrogens with one attached hydrogen (secondary N) is 1. The van der Waals surface area contributed by atoms with E-state index in [1.54, 1.807) is 24.3 Å². The summed E-state index contributed by atoms with van der Waals surface area (Å²) in [5, 5.41) is 8.10. The van der Waals surface area contributed by atoms with Crippen molar-refractivity contribution in [2.24, 2.45) is 5.14 Å². The highest BCUT2D eigenvalue weighted by Crippen LogP contribution is 2.27. The first-order valence-corrected chi connectivity index (χ1v) is 8.98. The zero-order valence-electron chi connectivity index (χ0n) is 11.6. The fourth-order valence-corrected chi connectivity index (χ4v) is 3.04. The lowest BCUT2D eigenvalue weighted by Gasteiger charge is -2.09. The van der Waals surface area contributed by atoms with Gasteiger partial charge in [0.2, 0.25) is 10.0 Å². The average Bonchev–Trinajstić information content (AvgIpc) is 2.45. The van der Waals surface area contributed by atoms with Crippen molar-refractivity contribution < 1.29 is 17.9 Å². The number of nitrogens with two attached hydrogens (primary N) is 1. The summed E-state index contributed by atoms with van der Waals surface area (Å²) in [6, 6.07) is 10.5. The Labute approximate surface area is 146 Å². The third-order valence-corrected chi connectivity index (χ3v) is 4.46. The van der Waals surface area contributed by atoms with Gasteiger partial charge in [0.1, 0.15) is 5.75 Å². The molecule has 3 N–H and O–H groups in total. The molecule has 0 bridgehead atoms. The topological polar surface area (TPSA) is 98.5 Å². The molecule has 0 atom stereocenters. The fraction of sp³-hybridized carbons (Fsp3) is 0.0714. The van der Waals surface area contributed by atoms with Crippen LogP contribution in [-0.4, -0.2) is 20.9 Å². The van der Waals surface area contributed by atoms with Gasteiger partial charge in [-0.1, -0.05) is 17.7 Å². The van der Waals surface area contributed by atoms with E-state index in [1.165, 1.54) is 18.2 Å². The Hall–Kier alpha value is -1.61. The normalized spacial score (nSPS) is 11.1. The second-order valence-corrected chi connectivity index (χ2v) is 7.34. The van der Waals surface area contributed by atoms with Crippen LogP contribution in [0, 0.1) is 0 Å². The summed E-state index contributed by atoms with van der Waals surface area (Å²) in [5.74, 6) is 0.0151. The van der Waals surface area contributed by atoms with E-state index in [9.17, 15) is 13.2 Å². The van der Waals surface area contributed by atoms with E-state index in [2.05, 4.69) is 21.2 Å². The lowest BCUT2D eigenvalue weighted by molar-refractivity contribution is -0.118. The molecule has 2 aromatic rings. The van der Waals surface area contributed by atoms with Crippen LogP contribution in [0.1, 0.15) is 0 Å². The van der Waals surface area contributed by atoms with E-state index in [0.717, 1.165) is 0 Å². The summed E-state index contributed by atoms with van der Waals surface area (Å²) in [7, 11) is -3.83. The van der Waals surface area contributed by atoms with Gasteiger partial charge >= 0.3 is 0 Å². The zero-order valence-corrected chi connectivity index (χ0v) is 14.8. The SMILES string of the molecule is NS(=O)(=O)c1cccc(NC(=O)COc2ccc(Cl)cc2Br)c1. The van der Waals surface area contributed by atoms with Crippen LogP contribution in [0.25, 0.3) is 0 Å². The van der Waals surface area contributed by atoms with Gasteiger partial charge in [-0.2, -0.15) is 0 Å². The number of hydrogen-bond acceptors (Lipinski definition) is 4. The van der Waals surface area contributed by atoms with Gasteiger partial charge in [0.15, 0.2) is 6.61 Å². The Morgan fingerprint density at radius 2 is 2.00 bits per heavy atom. The summed E-state index contributed by atoms with van der Waals surface area (Å²) >= 11 is 9.09. The number of rotatable bonds is 5. The lowest BCUT2D eigenvalue weighted by atomic mass is 10.3. The molecule has 1 amide bonds. The number of benzene rings is 2. The average molecular weight is 420 g/mol. The Balaban J connectivity index is 2.00. The highest BCUT2D eigenvalue weighted by molar-refractivity contribution is 9.10. The minimum atomic E-state index is -3.83. The van der Waals surface area contributed by atoms with Crippen LogP contribution < -0.4 is 15.2 Å². The third-order valence-electron chi connectivity index (χ3n) is 2.70. The van der Waals surface area contributed by atoms with Crippen LogP contribution in [-0.2, 0) is 14.8 Å². The maximum atomic E-state index is 11.9. The predicted octanol–water partition coefficient (Wildman–Crippen LogP) is 2.77. The van der Waals surface area contributed by atoms with Crippen LogP contribution in [0.4, 0.5) is 5.69 Å². The molecular formula is C14H12BrClN2O4S. The molecule has 0 unspecified atom stereocenters. The van der Waals surface area contributed by atoms with Crippen molar-refractivity contribution in [3.8, 4) is 5.75 Å². The second-order valence-electron chi connectivity index (χ2n) is 4.48. The minimum absolute atomic E-state index is 0.0864. The highest BCUT2D eigenvalue weighted by Gasteiger charge is 2.10. The molecule has 2 rings (SSSR count). The second kappa shape index (κ2) is 7.31. The molecule has 0 aliphatic carbocycles. The van der Waals surface area contributed by atoms with E-state index in [0.29, 0.717) is 20.9 Å². The molecule has 0 aliphatic rings. The summed E-state index contributed by atoms with van der Waals surface area (Å²) in [6.45, 7) is -0.250. The van der Waals surface area contributed by atoms with Gasteiger partial charge in [-0.15, -0.1) is 0 Å². The van der Waals surface area contributed by atoms with Gasteiger partial charge in [-0.3, -0.25) is 4.79 Å². The smallest absolute Gasteiger partial charge is 0.262 e. The van der Waals surface area contributed by atoms with Crippen LogP contribution in [0.5, 0.6) is 5.75 Å². The zero-order chi connectivity index (χ0) is 17.0. The number of halogens is 2. The summed E-state index contributed by atoms with van der Waals surface area (Å²) in [4.78, 5) is 11.8. The molecule has 0 saturated carbocycles. The summed E-state index contributed by atoms with van der Waals surface area (Å²) in [5.41, 5.74) is 0.306. The molecule has 6 nitrogen and oxygen atoms in total. The van der Waals surface area contributed by atoms with E-state index in [-0.39, 0.29) is 11.5 Å². The number of anilines is 1. The first-order valence-electron chi connectivity index (χ1n) is 6.26. The Morgan fingerprint density at radius 3 is 2.65 bits per heavy atom. The molecule has 2 aromatic carbocycles. The summed E-state index contributed by atoms with van der Waals surface area (Å²) < 4.78 is 28.5. The van der Waals surface area contributed by atoms with Gasteiger partial charge < -0.3 is 10.1 Å². The maximum Gasteiger partial charge on any atom is 0.262 e. The van der Waals surface area contributed by atoms with E-state index >= 15 is 0 Å². The molecule has 0 fully saturated rings. The number of ether oxygens (including phenoxy) is 1. The molecular weight excluding hydrogens is 408 g/mol. The molecule has 0 radical (unpaired) electrons. The van der Waals surface area contributed by atoms with E-state index < -0.39 is 15.9 Å². The first kappa shape index (κ1) is 17.7. The predicted molar refractivity (Wildman–Crippen MR) is 91.1 cm³/mol. The van der Waals surface area contributed by atoms with Gasteiger partial charge in [-0.05, 0) is 52.3 Å². The molecule has 0 spiro atoms. The highest BCUT2D eigenvalue weighted by atomic mass is 79.9. The van der Waals surface area contributed by atoms with Crippen molar-refractivity contribution in [1.29, 1.82) is 0 Å². The number of carbonyl (C=O) groups excluding carboxylic acids is 1. The Kier molecular flexibility index (Phi) is 5.64. The Morgan fingerprint density at radius 1 is 1.26 bits per heavy atom. The fourth-order valence-electron chi connectivity index (χ4n) is 1.68. The van der Waals surface area contributed by atoms with Crippen LogP contribution in [0.15, 0.2) is 51.8 Å². The van der Waals surface area contributed by atoms with Crippen molar-refractivity contribution in [2.45, 2.75) is 4.90 Å². The number of amides is 1. The lowest BCUT2D eigenvalue weighted by Crippen LogP contribution is -2.20. The molecule has 0 saturated heterocycles. The van der Waals surface area contributed by atoms with Crippen molar-refractivity contribution in [3.05, 3.63) is 52.0 Å². The monoisotopic (exact) mass is 418 g/mol. The molecule has 9 heteroatoms. The van der Waals surface area contributed by atoms with E-state index in [4.69, 9.17) is 21.5 Å². The number of hydrogen-bond donors (Lipinski definition) is 2. The first-order chi connectivity index (χ1) is 10.8. The van der Waals surface area contributed by atoms with Crippen molar-refractivity contribution in [1.82, 2.24) is 0 Å². The number of sulfonamides is 1. The molecule has 0 aliphatic heterocycles. The van der Waals surface area contributed by atoms with Crippen LogP contribution in [0.2, 0.25) is 5.02 Å².